The van der Waals surface area contributed by atoms with Crippen LogP contribution in [0.5, 0.6) is 11.5 Å². The molecule has 4 aromatic rings. The minimum absolute atomic E-state index is 0.0860. The molecule has 3 N–H and O–H groups in total. The lowest BCUT2D eigenvalue weighted by atomic mass is 10.2. The van der Waals surface area contributed by atoms with Crippen molar-refractivity contribution in [1.29, 1.82) is 0 Å². The van der Waals surface area contributed by atoms with Crippen LogP contribution in [0.15, 0.2) is 77.9 Å². The number of nitrogens with one attached hydrogen (secondary N) is 1. The molecule has 1 amide bonds. The minimum Gasteiger partial charge on any atom is -0.455 e. The van der Waals surface area contributed by atoms with Crippen LogP contribution in [0.2, 0.25) is 5.02 Å². The quantitative estimate of drug-likeness (QED) is 0.360. The smallest absolute Gasteiger partial charge is 0.284 e. The van der Waals surface area contributed by atoms with Gasteiger partial charge in [0.1, 0.15) is 16.3 Å². The number of carbonyl (C=O) groups excluding carboxylic acids is 1. The number of para-hydroxylation sites is 1. The molecule has 0 saturated heterocycles. The fraction of sp³-hybridized carbons (Fsp3) is 0.0870. The molecule has 0 unspecified atom stereocenters. The Hall–Kier alpha value is -4.04. The van der Waals surface area contributed by atoms with Crippen LogP contribution < -0.4 is 26.1 Å². The van der Waals surface area contributed by atoms with E-state index in [9.17, 15) is 9.59 Å². The average Bonchev–Trinajstić information content (AvgIpc) is 3.00. The summed E-state index contributed by atoms with van der Waals surface area (Å²) in [5, 5.41) is 3.14. The first-order valence-electron chi connectivity index (χ1n) is 9.74. The Balaban J connectivity index is 1.54. The van der Waals surface area contributed by atoms with Gasteiger partial charge in [0.05, 0.1) is 11.4 Å². The Labute approximate surface area is 189 Å². The second-order valence-electron chi connectivity index (χ2n) is 7.12. The molecule has 4 rings (SSSR count). The number of nitrogen functional groups attached to an aromatic ring is 1. The molecule has 0 atom stereocenters. The van der Waals surface area contributed by atoms with Crippen molar-refractivity contribution in [3.63, 3.8) is 0 Å². The summed E-state index contributed by atoms with van der Waals surface area (Å²) >= 11 is 6.12. The number of benzene rings is 2. The summed E-state index contributed by atoms with van der Waals surface area (Å²) in [6, 6.07) is 17.6. The predicted molar refractivity (Wildman–Crippen MR) is 122 cm³/mol. The molecule has 0 aliphatic rings. The number of aromatic nitrogens is 3. The normalized spacial score (nSPS) is 10.7. The van der Waals surface area contributed by atoms with Crippen molar-refractivity contribution in [2.75, 3.05) is 11.2 Å². The van der Waals surface area contributed by atoms with Gasteiger partial charge in [-0.25, -0.2) is 10.5 Å². The van der Waals surface area contributed by atoms with Gasteiger partial charge < -0.3 is 10.1 Å². The number of halogens is 1. The molecule has 0 fully saturated rings. The molecule has 32 heavy (non-hydrogen) atoms. The third kappa shape index (κ3) is 4.08. The first-order chi connectivity index (χ1) is 15.3. The van der Waals surface area contributed by atoms with Gasteiger partial charge in [-0.05, 0) is 43.3 Å². The summed E-state index contributed by atoms with van der Waals surface area (Å²) in [5.74, 6) is 6.11. The van der Waals surface area contributed by atoms with Gasteiger partial charge in [-0.1, -0.05) is 34.5 Å². The summed E-state index contributed by atoms with van der Waals surface area (Å²) < 4.78 is 10.2. The molecule has 2 aromatic carbocycles. The molecule has 2 heterocycles. The molecule has 0 aliphatic carbocycles. The van der Waals surface area contributed by atoms with Crippen LogP contribution in [0.1, 0.15) is 16.1 Å². The van der Waals surface area contributed by atoms with Crippen molar-refractivity contribution in [3.05, 3.63) is 99.7 Å². The van der Waals surface area contributed by atoms with Crippen molar-refractivity contribution in [1.82, 2.24) is 9.36 Å². The molecule has 8 nitrogen and oxygen atoms in total. The van der Waals surface area contributed by atoms with E-state index < -0.39 is 5.91 Å². The number of hydrogen-bond donors (Lipinski definition) is 2. The molecule has 9 heteroatoms. The Bertz CT molecular complexity index is 1340. The molecule has 0 radical (unpaired) electrons. The van der Waals surface area contributed by atoms with Gasteiger partial charge >= 0.3 is 0 Å². The highest BCUT2D eigenvalue weighted by molar-refractivity contribution is 6.31. The molecule has 2 aromatic heterocycles. The van der Waals surface area contributed by atoms with Gasteiger partial charge in [0.2, 0.25) is 12.4 Å². The number of carbonyl (C=O) groups is 1. The number of hydrogen-bond acceptors (Lipinski definition) is 4. The molecule has 0 spiro atoms. The Morgan fingerprint density at radius 3 is 2.44 bits per heavy atom. The fourth-order valence-corrected chi connectivity index (χ4v) is 3.52. The van der Waals surface area contributed by atoms with E-state index in [4.69, 9.17) is 22.2 Å². The number of pyridine rings is 1. The second-order valence-corrected chi connectivity index (χ2v) is 7.53. The van der Waals surface area contributed by atoms with Crippen molar-refractivity contribution in [2.24, 2.45) is 7.05 Å². The van der Waals surface area contributed by atoms with E-state index in [1.54, 1.807) is 55.2 Å². The molecule has 162 valence electrons. The maximum absolute atomic E-state index is 13.0. The van der Waals surface area contributed by atoms with Crippen molar-refractivity contribution in [2.45, 2.75) is 6.92 Å². The summed E-state index contributed by atoms with van der Waals surface area (Å²) in [5.41, 5.74) is 1.47. The van der Waals surface area contributed by atoms with E-state index in [1.807, 2.05) is 30.3 Å². The number of ether oxygens (including phenoxy) is 1. The highest BCUT2D eigenvalue weighted by Crippen LogP contribution is 2.28. The number of rotatable bonds is 5. The van der Waals surface area contributed by atoms with Gasteiger partial charge in [-0.3, -0.25) is 14.3 Å². The van der Waals surface area contributed by atoms with E-state index in [2.05, 4.69) is 5.32 Å². The molecule has 0 aliphatic heterocycles. The second kappa shape index (κ2) is 8.60. The van der Waals surface area contributed by atoms with Crippen LogP contribution in [0.25, 0.3) is 5.69 Å². The number of nitrogens with two attached hydrogens (primary N) is 1. The topological polar surface area (TPSA) is 95.2 Å². The third-order valence-electron chi connectivity index (χ3n) is 5.02. The van der Waals surface area contributed by atoms with Crippen molar-refractivity contribution < 1.29 is 14.2 Å². The van der Waals surface area contributed by atoms with Crippen LogP contribution in [0, 0.1) is 6.92 Å². The Morgan fingerprint density at radius 1 is 1.09 bits per heavy atom. The van der Waals surface area contributed by atoms with Crippen LogP contribution in [-0.2, 0) is 7.05 Å². The van der Waals surface area contributed by atoms with E-state index in [0.717, 1.165) is 0 Å². The zero-order valence-corrected chi connectivity index (χ0v) is 18.2. The maximum atomic E-state index is 13.0. The monoisotopic (exact) mass is 450 g/mol. The molecule has 0 saturated carbocycles. The Kier molecular flexibility index (Phi) is 5.70. The zero-order valence-electron chi connectivity index (χ0n) is 17.4. The Morgan fingerprint density at radius 2 is 1.78 bits per heavy atom. The highest BCUT2D eigenvalue weighted by atomic mass is 35.5. The largest absolute Gasteiger partial charge is 0.455 e. The number of amides is 1. The zero-order chi connectivity index (χ0) is 22.8. The highest BCUT2D eigenvalue weighted by Gasteiger charge is 2.22. The van der Waals surface area contributed by atoms with Gasteiger partial charge in [-0.15, -0.1) is 0 Å². The standard InChI is InChI=1S/C23H20ClN5O3/c1-15-21(23(31)29(27(15)2)17-6-4-3-5-7-17)22(30)26-16-8-10-18(11-9-16)32-20-12-13-28(25)14-19(20)24/h3-14H,25H2,1-2H3/p+1. The van der Waals surface area contributed by atoms with Crippen molar-refractivity contribution >= 4 is 23.2 Å². The third-order valence-corrected chi connectivity index (χ3v) is 5.30. The van der Waals surface area contributed by atoms with E-state index in [-0.39, 0.29) is 11.1 Å². The predicted octanol–water partition coefficient (Wildman–Crippen LogP) is 3.18. The van der Waals surface area contributed by atoms with Crippen LogP contribution in [-0.4, -0.2) is 15.3 Å². The first kappa shape index (κ1) is 21.2. The fourth-order valence-electron chi connectivity index (χ4n) is 3.31. The van der Waals surface area contributed by atoms with Crippen LogP contribution in [0.4, 0.5) is 5.69 Å². The lowest BCUT2D eigenvalue weighted by Crippen LogP contribution is -2.43. The van der Waals surface area contributed by atoms with E-state index in [0.29, 0.717) is 33.6 Å². The lowest BCUT2D eigenvalue weighted by molar-refractivity contribution is -0.638. The van der Waals surface area contributed by atoms with Gasteiger partial charge in [0.25, 0.3) is 11.5 Å². The van der Waals surface area contributed by atoms with Gasteiger partial charge in [-0.2, -0.15) is 0 Å². The number of anilines is 1. The van der Waals surface area contributed by atoms with E-state index >= 15 is 0 Å². The van der Waals surface area contributed by atoms with Gasteiger partial charge in [0, 0.05) is 18.8 Å². The minimum atomic E-state index is -0.481. The average molecular weight is 451 g/mol. The SMILES string of the molecule is Cc1c(C(=O)Nc2ccc(Oc3cc[n+](N)cc3Cl)cc2)c(=O)n(-c2ccccc2)n1C. The number of nitrogens with zero attached hydrogens (tertiary/aromatic N) is 3. The summed E-state index contributed by atoms with van der Waals surface area (Å²) in [7, 11) is 1.74. The summed E-state index contributed by atoms with van der Waals surface area (Å²) in [4.78, 5) is 25.9. The maximum Gasteiger partial charge on any atom is 0.284 e. The van der Waals surface area contributed by atoms with Crippen LogP contribution >= 0.6 is 11.6 Å². The van der Waals surface area contributed by atoms with Gasteiger partial charge in [0.15, 0.2) is 5.75 Å². The molecular weight excluding hydrogens is 430 g/mol. The summed E-state index contributed by atoms with van der Waals surface area (Å²) in [6.07, 6.45) is 3.14. The lowest BCUT2D eigenvalue weighted by Gasteiger charge is -2.08. The molecular formula is C23H21ClN5O3+. The first-order valence-corrected chi connectivity index (χ1v) is 10.1. The van der Waals surface area contributed by atoms with E-state index in [1.165, 1.54) is 15.6 Å². The summed E-state index contributed by atoms with van der Waals surface area (Å²) in [6.45, 7) is 1.74. The molecule has 0 bridgehead atoms. The van der Waals surface area contributed by atoms with Crippen LogP contribution in [0.3, 0.4) is 0 Å². The van der Waals surface area contributed by atoms with Crippen molar-refractivity contribution in [3.8, 4) is 17.2 Å².